The molecule has 1 N–H and O–H groups in total. The number of nitrogens with zero attached hydrogens (tertiary/aromatic N) is 2. The van der Waals surface area contributed by atoms with Crippen LogP contribution in [0.1, 0.15) is 48.2 Å². The average Bonchev–Trinajstić information content (AvgIpc) is 2.84. The molecule has 6 heteroatoms. The lowest BCUT2D eigenvalue weighted by Gasteiger charge is -2.22. The second-order valence-corrected chi connectivity index (χ2v) is 6.31. The Kier molecular flexibility index (Phi) is 4.66. The second-order valence-electron chi connectivity index (χ2n) is 5.95. The van der Waals surface area contributed by atoms with Gasteiger partial charge < -0.3 is 5.32 Å². The second kappa shape index (κ2) is 6.71. The summed E-state index contributed by atoms with van der Waals surface area (Å²) in [6.45, 7) is 1.75. The van der Waals surface area contributed by atoms with Crippen LogP contribution in [-0.4, -0.2) is 21.7 Å². The van der Waals surface area contributed by atoms with Crippen molar-refractivity contribution in [3.05, 3.63) is 46.5 Å². The summed E-state index contributed by atoms with van der Waals surface area (Å²) >= 11 is 6.36. The maximum Gasteiger partial charge on any atom is 0.256 e. The van der Waals surface area contributed by atoms with Crippen LogP contribution in [0.2, 0.25) is 5.15 Å². The molecule has 23 heavy (non-hydrogen) atoms. The van der Waals surface area contributed by atoms with Gasteiger partial charge in [-0.2, -0.15) is 5.10 Å². The molecule has 0 unspecified atom stereocenters. The highest BCUT2D eigenvalue weighted by molar-refractivity contribution is 6.33. The topological polar surface area (TPSA) is 46.9 Å². The van der Waals surface area contributed by atoms with Crippen LogP contribution in [0.25, 0.3) is 5.69 Å². The van der Waals surface area contributed by atoms with Gasteiger partial charge in [0, 0.05) is 6.04 Å². The molecular formula is C17H19ClFN3O. The van der Waals surface area contributed by atoms with Crippen molar-refractivity contribution in [2.45, 2.75) is 45.1 Å². The van der Waals surface area contributed by atoms with E-state index in [9.17, 15) is 9.18 Å². The zero-order valence-electron chi connectivity index (χ0n) is 13.0. The Bertz CT molecular complexity index is 705. The number of hydrogen-bond donors (Lipinski definition) is 1. The molecule has 1 aromatic heterocycles. The number of halogens is 2. The van der Waals surface area contributed by atoms with Gasteiger partial charge in [-0.3, -0.25) is 4.79 Å². The highest BCUT2D eigenvalue weighted by Gasteiger charge is 2.24. The average molecular weight is 336 g/mol. The summed E-state index contributed by atoms with van der Waals surface area (Å²) in [4.78, 5) is 12.5. The SMILES string of the molecule is Cc1nn(-c2ccc(F)cc2)c(Cl)c1C(=O)NC1CCCCC1. The van der Waals surface area contributed by atoms with E-state index >= 15 is 0 Å². The summed E-state index contributed by atoms with van der Waals surface area (Å²) in [7, 11) is 0. The fourth-order valence-electron chi connectivity index (χ4n) is 3.01. The van der Waals surface area contributed by atoms with Gasteiger partial charge in [0.2, 0.25) is 0 Å². The number of benzene rings is 1. The van der Waals surface area contributed by atoms with E-state index in [-0.39, 0.29) is 22.9 Å². The number of nitrogens with one attached hydrogen (secondary N) is 1. The van der Waals surface area contributed by atoms with Crippen LogP contribution in [0.15, 0.2) is 24.3 Å². The minimum Gasteiger partial charge on any atom is -0.349 e. The predicted molar refractivity (Wildman–Crippen MR) is 87.6 cm³/mol. The van der Waals surface area contributed by atoms with Crippen molar-refractivity contribution in [2.75, 3.05) is 0 Å². The molecule has 0 spiro atoms. The van der Waals surface area contributed by atoms with Gasteiger partial charge >= 0.3 is 0 Å². The highest BCUT2D eigenvalue weighted by atomic mass is 35.5. The van der Waals surface area contributed by atoms with Crippen molar-refractivity contribution in [1.82, 2.24) is 15.1 Å². The van der Waals surface area contributed by atoms with E-state index in [2.05, 4.69) is 10.4 Å². The van der Waals surface area contributed by atoms with E-state index in [1.54, 1.807) is 19.1 Å². The lowest BCUT2D eigenvalue weighted by Crippen LogP contribution is -2.36. The molecule has 3 rings (SSSR count). The number of carbonyl (C=O) groups is 1. The van der Waals surface area contributed by atoms with Crippen molar-refractivity contribution in [1.29, 1.82) is 0 Å². The van der Waals surface area contributed by atoms with E-state index in [1.165, 1.54) is 23.2 Å². The molecule has 4 nitrogen and oxygen atoms in total. The number of amides is 1. The predicted octanol–water partition coefficient (Wildman–Crippen LogP) is 4.04. The van der Waals surface area contributed by atoms with Gasteiger partial charge in [0.15, 0.2) is 0 Å². The molecule has 1 fully saturated rings. The number of aromatic nitrogens is 2. The molecule has 0 saturated heterocycles. The summed E-state index contributed by atoms with van der Waals surface area (Å²) in [5, 5.41) is 7.63. The van der Waals surface area contributed by atoms with Crippen molar-refractivity contribution in [2.24, 2.45) is 0 Å². The normalized spacial score (nSPS) is 15.6. The summed E-state index contributed by atoms with van der Waals surface area (Å²) in [6.07, 6.45) is 5.54. The molecule has 0 aliphatic heterocycles. The largest absolute Gasteiger partial charge is 0.349 e. The number of hydrogen-bond acceptors (Lipinski definition) is 2. The van der Waals surface area contributed by atoms with Crippen LogP contribution in [-0.2, 0) is 0 Å². The summed E-state index contributed by atoms with van der Waals surface area (Å²) in [5.41, 5.74) is 1.57. The Morgan fingerprint density at radius 3 is 2.57 bits per heavy atom. The van der Waals surface area contributed by atoms with Gasteiger partial charge in [-0.05, 0) is 44.0 Å². The number of rotatable bonds is 3. The van der Waals surface area contributed by atoms with Crippen molar-refractivity contribution < 1.29 is 9.18 Å². The summed E-state index contributed by atoms with van der Waals surface area (Å²) in [5.74, 6) is -0.517. The molecule has 1 heterocycles. The smallest absolute Gasteiger partial charge is 0.256 e. The maximum absolute atomic E-state index is 13.0. The molecule has 122 valence electrons. The minimum absolute atomic E-state index is 0.187. The molecule has 0 radical (unpaired) electrons. The third-order valence-corrected chi connectivity index (χ3v) is 4.59. The van der Waals surface area contributed by atoms with E-state index < -0.39 is 0 Å². The van der Waals surface area contributed by atoms with E-state index in [1.807, 2.05) is 0 Å². The van der Waals surface area contributed by atoms with Crippen LogP contribution in [0.3, 0.4) is 0 Å². The Morgan fingerprint density at radius 1 is 1.26 bits per heavy atom. The van der Waals surface area contributed by atoms with Gasteiger partial charge in [-0.1, -0.05) is 30.9 Å². The number of aryl methyl sites for hydroxylation is 1. The third kappa shape index (κ3) is 3.39. The van der Waals surface area contributed by atoms with E-state index in [4.69, 9.17) is 11.6 Å². The Hall–Kier alpha value is -1.88. The number of carbonyl (C=O) groups excluding carboxylic acids is 1. The van der Waals surface area contributed by atoms with Gasteiger partial charge in [0.1, 0.15) is 11.0 Å². The molecule has 1 aliphatic carbocycles. The fraction of sp³-hybridized carbons (Fsp3) is 0.412. The van der Waals surface area contributed by atoms with Crippen LogP contribution >= 0.6 is 11.6 Å². The lowest BCUT2D eigenvalue weighted by molar-refractivity contribution is 0.0927. The third-order valence-electron chi connectivity index (χ3n) is 4.24. The highest BCUT2D eigenvalue weighted by Crippen LogP contribution is 2.25. The van der Waals surface area contributed by atoms with Crippen LogP contribution in [0.4, 0.5) is 4.39 Å². The molecule has 0 atom stereocenters. The Balaban J connectivity index is 1.85. The Labute approximate surface area is 139 Å². The standard InChI is InChI=1S/C17H19ClFN3O/c1-11-15(17(23)20-13-5-3-2-4-6-13)16(18)22(21-11)14-9-7-12(19)8-10-14/h7-10,13H,2-6H2,1H3,(H,20,23). The van der Waals surface area contributed by atoms with E-state index in [0.29, 0.717) is 16.9 Å². The van der Waals surface area contributed by atoms with Crippen molar-refractivity contribution in [3.63, 3.8) is 0 Å². The van der Waals surface area contributed by atoms with Crippen molar-refractivity contribution >= 4 is 17.5 Å². The summed E-state index contributed by atoms with van der Waals surface area (Å²) in [6, 6.07) is 6.04. The molecule has 1 aliphatic rings. The van der Waals surface area contributed by atoms with Gasteiger partial charge in [-0.15, -0.1) is 0 Å². The molecule has 1 saturated carbocycles. The zero-order valence-corrected chi connectivity index (χ0v) is 13.7. The molecule has 1 amide bonds. The van der Waals surface area contributed by atoms with Crippen LogP contribution < -0.4 is 5.32 Å². The first-order valence-electron chi connectivity index (χ1n) is 7.88. The van der Waals surface area contributed by atoms with Crippen LogP contribution in [0, 0.1) is 12.7 Å². The van der Waals surface area contributed by atoms with Gasteiger partial charge in [0.25, 0.3) is 5.91 Å². The zero-order chi connectivity index (χ0) is 16.4. The summed E-state index contributed by atoms with van der Waals surface area (Å²) < 4.78 is 14.5. The van der Waals surface area contributed by atoms with E-state index in [0.717, 1.165) is 25.7 Å². The first-order chi connectivity index (χ1) is 11.1. The maximum atomic E-state index is 13.0. The monoisotopic (exact) mass is 335 g/mol. The Morgan fingerprint density at radius 2 is 1.91 bits per heavy atom. The lowest BCUT2D eigenvalue weighted by atomic mass is 9.95. The minimum atomic E-state index is -0.330. The molecular weight excluding hydrogens is 317 g/mol. The van der Waals surface area contributed by atoms with Crippen molar-refractivity contribution in [3.8, 4) is 5.69 Å². The molecule has 2 aromatic rings. The quantitative estimate of drug-likeness (QED) is 0.920. The van der Waals surface area contributed by atoms with Gasteiger partial charge in [-0.25, -0.2) is 9.07 Å². The first kappa shape index (κ1) is 16.0. The van der Waals surface area contributed by atoms with Gasteiger partial charge in [0.05, 0.1) is 16.9 Å². The fourth-order valence-corrected chi connectivity index (χ4v) is 3.37. The first-order valence-corrected chi connectivity index (χ1v) is 8.26. The molecule has 0 bridgehead atoms. The van der Waals surface area contributed by atoms with Crippen LogP contribution in [0.5, 0.6) is 0 Å². The molecule has 1 aromatic carbocycles.